The Morgan fingerprint density at radius 3 is 2.50 bits per heavy atom. The van der Waals surface area contributed by atoms with Gasteiger partial charge in [0.1, 0.15) is 0 Å². The summed E-state index contributed by atoms with van der Waals surface area (Å²) in [6.45, 7) is 0.670. The van der Waals surface area contributed by atoms with Gasteiger partial charge >= 0.3 is 0 Å². The minimum absolute atomic E-state index is 0.0149. The van der Waals surface area contributed by atoms with Crippen molar-refractivity contribution in [3.05, 3.63) is 34.4 Å². The van der Waals surface area contributed by atoms with Gasteiger partial charge in [-0.25, -0.2) is 0 Å². The quantitative estimate of drug-likeness (QED) is 0.578. The first-order valence-electron chi connectivity index (χ1n) is 5.85. The molecule has 1 amide bonds. The number of benzene rings is 1. The Balaban J connectivity index is 1.83. The first-order valence-corrected chi connectivity index (χ1v) is 5.85. The number of nitrogens with zero attached hydrogens (tertiary/aromatic N) is 3. The summed E-state index contributed by atoms with van der Waals surface area (Å²) in [6.07, 6.45) is 0.929. The molecule has 3 fully saturated rings. The van der Waals surface area contributed by atoms with E-state index in [2.05, 4.69) is 4.90 Å². The monoisotopic (exact) mass is 247 g/mol. The predicted octanol–water partition coefficient (Wildman–Crippen LogP) is 1.01. The van der Waals surface area contributed by atoms with Crippen LogP contribution in [0.4, 0.5) is 11.4 Å². The van der Waals surface area contributed by atoms with Crippen molar-refractivity contribution in [2.75, 3.05) is 18.5 Å². The standard InChI is InChI=1S/C12H13N3O3/c1-13-10-6-11(13)12(16)14(7-10)8-2-4-9(5-3-8)15(17)18/h2-5,10-11H,6-7H2,1H3. The van der Waals surface area contributed by atoms with Crippen LogP contribution in [0.25, 0.3) is 0 Å². The third-order valence-electron chi connectivity index (χ3n) is 3.88. The van der Waals surface area contributed by atoms with Crippen LogP contribution in [-0.4, -0.2) is 41.4 Å². The van der Waals surface area contributed by atoms with Gasteiger partial charge in [-0.1, -0.05) is 0 Å². The van der Waals surface area contributed by atoms with E-state index in [9.17, 15) is 14.9 Å². The van der Waals surface area contributed by atoms with Crippen LogP contribution in [0.5, 0.6) is 0 Å². The molecule has 2 bridgehead atoms. The maximum Gasteiger partial charge on any atom is 0.269 e. The highest BCUT2D eigenvalue weighted by molar-refractivity contribution is 5.99. The zero-order valence-electron chi connectivity index (χ0n) is 9.94. The lowest BCUT2D eigenvalue weighted by molar-refractivity contribution is -0.384. The lowest BCUT2D eigenvalue weighted by Gasteiger charge is -2.53. The van der Waals surface area contributed by atoms with Crippen molar-refractivity contribution in [3.8, 4) is 0 Å². The molecule has 3 aliphatic heterocycles. The third-order valence-corrected chi connectivity index (χ3v) is 3.88. The Morgan fingerprint density at radius 2 is 2.00 bits per heavy atom. The highest BCUT2D eigenvalue weighted by Gasteiger charge is 2.48. The van der Waals surface area contributed by atoms with Gasteiger partial charge < -0.3 is 4.90 Å². The van der Waals surface area contributed by atoms with Crippen LogP contribution < -0.4 is 4.90 Å². The molecular formula is C12H13N3O3. The van der Waals surface area contributed by atoms with Gasteiger partial charge in [-0.2, -0.15) is 0 Å². The summed E-state index contributed by atoms with van der Waals surface area (Å²) in [5, 5.41) is 10.6. The molecule has 0 radical (unpaired) electrons. The number of non-ortho nitro benzene ring substituents is 1. The minimum Gasteiger partial charge on any atom is -0.309 e. The number of amides is 1. The van der Waals surface area contributed by atoms with Crippen LogP contribution >= 0.6 is 0 Å². The topological polar surface area (TPSA) is 66.7 Å². The second kappa shape index (κ2) is 3.78. The molecule has 0 aliphatic carbocycles. The van der Waals surface area contributed by atoms with E-state index < -0.39 is 4.92 Å². The minimum atomic E-state index is -0.437. The molecule has 0 spiro atoms. The average Bonchev–Trinajstić information content (AvgIpc) is 2.37. The Labute approximate surface area is 104 Å². The Hall–Kier alpha value is -1.95. The van der Waals surface area contributed by atoms with Crippen molar-refractivity contribution in [2.45, 2.75) is 18.5 Å². The van der Waals surface area contributed by atoms with Crippen molar-refractivity contribution in [1.29, 1.82) is 0 Å². The first kappa shape index (κ1) is 11.2. The highest BCUT2D eigenvalue weighted by atomic mass is 16.6. The van der Waals surface area contributed by atoms with Gasteiger partial charge in [0, 0.05) is 30.4 Å². The summed E-state index contributed by atoms with van der Waals surface area (Å²) in [7, 11) is 1.96. The number of carbonyl (C=O) groups excluding carboxylic acids is 1. The number of piperidine rings is 1. The van der Waals surface area contributed by atoms with Gasteiger partial charge in [-0.3, -0.25) is 19.8 Å². The van der Waals surface area contributed by atoms with Crippen molar-refractivity contribution in [1.82, 2.24) is 4.90 Å². The van der Waals surface area contributed by atoms with Crippen LogP contribution in [-0.2, 0) is 4.79 Å². The number of piperazine rings is 1. The molecule has 3 heterocycles. The van der Waals surface area contributed by atoms with E-state index in [1.807, 2.05) is 7.05 Å². The third kappa shape index (κ3) is 1.49. The number of nitro groups is 1. The molecule has 1 aromatic carbocycles. The molecule has 0 saturated carbocycles. The number of carbonyl (C=O) groups is 1. The van der Waals surface area contributed by atoms with E-state index >= 15 is 0 Å². The summed E-state index contributed by atoms with van der Waals surface area (Å²) in [5.41, 5.74) is 0.791. The van der Waals surface area contributed by atoms with Crippen molar-refractivity contribution >= 4 is 17.3 Å². The van der Waals surface area contributed by atoms with E-state index in [0.717, 1.165) is 12.1 Å². The number of likely N-dealkylation sites (N-methyl/N-ethyl adjacent to an activating group) is 1. The van der Waals surface area contributed by atoms with Crippen molar-refractivity contribution < 1.29 is 9.72 Å². The number of hydrogen-bond acceptors (Lipinski definition) is 4. The second-order valence-corrected chi connectivity index (χ2v) is 4.79. The van der Waals surface area contributed by atoms with Crippen LogP contribution in [0.15, 0.2) is 24.3 Å². The molecule has 3 aliphatic rings. The summed E-state index contributed by atoms with van der Waals surface area (Å²) in [5.74, 6) is 0.0915. The molecule has 6 nitrogen and oxygen atoms in total. The summed E-state index contributed by atoms with van der Waals surface area (Å²) in [4.78, 5) is 26.1. The fourth-order valence-corrected chi connectivity index (χ4v) is 2.65. The van der Waals surface area contributed by atoms with Crippen molar-refractivity contribution in [2.24, 2.45) is 0 Å². The number of anilines is 1. The summed E-state index contributed by atoms with van der Waals surface area (Å²) >= 11 is 0. The zero-order valence-corrected chi connectivity index (χ0v) is 9.94. The number of fused-ring (bicyclic) bond motifs is 2. The van der Waals surface area contributed by atoms with Gasteiger partial charge in [0.25, 0.3) is 5.69 Å². The van der Waals surface area contributed by atoms with Gasteiger partial charge in [0.05, 0.1) is 11.0 Å². The second-order valence-electron chi connectivity index (χ2n) is 4.79. The van der Waals surface area contributed by atoms with E-state index in [4.69, 9.17) is 0 Å². The van der Waals surface area contributed by atoms with E-state index in [0.29, 0.717) is 12.6 Å². The molecular weight excluding hydrogens is 234 g/mol. The molecule has 2 unspecified atom stereocenters. The van der Waals surface area contributed by atoms with Gasteiger partial charge in [0.15, 0.2) is 0 Å². The number of hydrogen-bond donors (Lipinski definition) is 0. The van der Waals surface area contributed by atoms with Gasteiger partial charge in [-0.15, -0.1) is 0 Å². The SMILES string of the molecule is CN1C2CC1C(=O)N(c1ccc([N+](=O)[O-])cc1)C2. The maximum absolute atomic E-state index is 12.1. The molecule has 4 rings (SSSR count). The van der Waals surface area contributed by atoms with Crippen LogP contribution in [0.1, 0.15) is 6.42 Å². The van der Waals surface area contributed by atoms with Gasteiger partial charge in [-0.05, 0) is 25.6 Å². The normalized spacial score (nSPS) is 26.9. The lowest BCUT2D eigenvalue weighted by atomic mass is 9.87. The molecule has 0 N–H and O–H groups in total. The largest absolute Gasteiger partial charge is 0.309 e. The maximum atomic E-state index is 12.1. The van der Waals surface area contributed by atoms with E-state index in [1.165, 1.54) is 12.1 Å². The molecule has 2 atom stereocenters. The fourth-order valence-electron chi connectivity index (χ4n) is 2.65. The Bertz CT molecular complexity index is 514. The Morgan fingerprint density at radius 1 is 1.33 bits per heavy atom. The van der Waals surface area contributed by atoms with Crippen LogP contribution in [0, 0.1) is 10.1 Å². The van der Waals surface area contributed by atoms with Crippen molar-refractivity contribution in [3.63, 3.8) is 0 Å². The van der Waals surface area contributed by atoms with Gasteiger partial charge in [0.2, 0.25) is 5.91 Å². The molecule has 6 heteroatoms. The summed E-state index contributed by atoms with van der Waals surface area (Å²) < 4.78 is 0. The highest BCUT2D eigenvalue weighted by Crippen LogP contribution is 2.34. The molecule has 0 aromatic heterocycles. The first-order chi connectivity index (χ1) is 8.58. The Kier molecular flexibility index (Phi) is 2.34. The average molecular weight is 247 g/mol. The molecule has 18 heavy (non-hydrogen) atoms. The van der Waals surface area contributed by atoms with Crippen LogP contribution in [0.3, 0.4) is 0 Å². The smallest absolute Gasteiger partial charge is 0.269 e. The fraction of sp³-hybridized carbons (Fsp3) is 0.417. The molecule has 3 saturated heterocycles. The molecule has 94 valence electrons. The number of rotatable bonds is 2. The lowest BCUT2D eigenvalue weighted by Crippen LogP contribution is -2.70. The predicted molar refractivity (Wildman–Crippen MR) is 65.4 cm³/mol. The number of nitro benzene ring substituents is 1. The van der Waals surface area contributed by atoms with E-state index in [1.54, 1.807) is 17.0 Å². The zero-order chi connectivity index (χ0) is 12.9. The van der Waals surface area contributed by atoms with Crippen LogP contribution in [0.2, 0.25) is 0 Å². The molecule has 1 aromatic rings. The summed E-state index contributed by atoms with van der Waals surface area (Å²) in [6, 6.07) is 6.56. The van der Waals surface area contributed by atoms with E-state index in [-0.39, 0.29) is 17.6 Å².